The van der Waals surface area contributed by atoms with E-state index in [2.05, 4.69) is 15.3 Å². The molecule has 6 nitrogen and oxygen atoms in total. The molecule has 1 aromatic carbocycles. The lowest BCUT2D eigenvalue weighted by Crippen LogP contribution is -2.46. The zero-order valence-corrected chi connectivity index (χ0v) is 20.1. The average molecular weight is 506 g/mol. The van der Waals surface area contributed by atoms with E-state index in [0.717, 1.165) is 50.7 Å². The number of anilines is 2. The highest BCUT2D eigenvalue weighted by atomic mass is 19.4. The lowest BCUT2D eigenvalue weighted by atomic mass is 9.95. The van der Waals surface area contributed by atoms with Crippen LogP contribution in [-0.2, 0) is 11.0 Å². The molecule has 3 heterocycles. The highest BCUT2D eigenvalue weighted by Crippen LogP contribution is 2.38. The Balaban J connectivity index is 1.27. The third-order valence-corrected chi connectivity index (χ3v) is 7.78. The second kappa shape index (κ2) is 10.2. The maximum atomic E-state index is 15.5. The lowest BCUT2D eigenvalue weighted by molar-refractivity contribution is -0.138. The van der Waals surface area contributed by atoms with Crippen LogP contribution < -0.4 is 10.2 Å². The van der Waals surface area contributed by atoms with E-state index >= 15 is 4.39 Å². The number of nitrogens with zero attached hydrogens (tertiary/aromatic N) is 4. The molecule has 2 atom stereocenters. The smallest absolute Gasteiger partial charge is 0.367 e. The van der Waals surface area contributed by atoms with E-state index in [1.54, 1.807) is 0 Å². The molecular weight excluding hydrogens is 474 g/mol. The summed E-state index contributed by atoms with van der Waals surface area (Å²) in [6.07, 6.45) is 4.13. The first kappa shape index (κ1) is 24.8. The first-order valence-electron chi connectivity index (χ1n) is 12.8. The van der Waals surface area contributed by atoms with Crippen LogP contribution in [0.4, 0.5) is 29.2 Å². The summed E-state index contributed by atoms with van der Waals surface area (Å²) in [6.45, 7) is 1.74. The number of carbonyl (C=O) groups excluding carboxylic acids is 1. The Kier molecular flexibility index (Phi) is 7.03. The van der Waals surface area contributed by atoms with E-state index in [0.29, 0.717) is 44.1 Å². The summed E-state index contributed by atoms with van der Waals surface area (Å²) in [4.78, 5) is 24.6. The fraction of sp³-hybridized carbons (Fsp3) is 0.577. The predicted octanol–water partition coefficient (Wildman–Crippen LogP) is 5.57. The third kappa shape index (κ3) is 5.13. The third-order valence-electron chi connectivity index (χ3n) is 7.78. The van der Waals surface area contributed by atoms with Crippen LogP contribution in [0, 0.1) is 11.7 Å². The van der Waals surface area contributed by atoms with E-state index in [9.17, 15) is 18.0 Å². The Hall–Kier alpha value is -2.91. The fourth-order valence-corrected chi connectivity index (χ4v) is 5.86. The molecule has 194 valence electrons. The SMILES string of the molecule is O=C1CCC(CNc2ncnc(N3CCCC3c3ccc(C(F)(F)F)cc3)c2F)CN1C1CCCC1. The number of carbonyl (C=O) groups is 1. The van der Waals surface area contributed by atoms with E-state index in [-0.39, 0.29) is 29.5 Å². The number of nitrogens with one attached hydrogen (secondary N) is 1. The summed E-state index contributed by atoms with van der Waals surface area (Å²) in [5.41, 5.74) is -0.00157. The van der Waals surface area contributed by atoms with Crippen LogP contribution in [-0.4, -0.2) is 46.5 Å². The van der Waals surface area contributed by atoms with Crippen molar-refractivity contribution in [3.8, 4) is 0 Å². The van der Waals surface area contributed by atoms with Crippen molar-refractivity contribution in [2.24, 2.45) is 5.92 Å². The molecule has 2 saturated heterocycles. The molecule has 1 N–H and O–H groups in total. The van der Waals surface area contributed by atoms with E-state index in [4.69, 9.17) is 0 Å². The Bertz CT molecular complexity index is 1070. The number of halogens is 4. The molecule has 2 unspecified atom stereocenters. The number of alkyl halides is 3. The molecule has 3 aliphatic rings. The summed E-state index contributed by atoms with van der Waals surface area (Å²) < 4.78 is 54.4. The lowest BCUT2D eigenvalue weighted by Gasteiger charge is -2.37. The highest BCUT2D eigenvalue weighted by Gasteiger charge is 2.34. The van der Waals surface area contributed by atoms with Gasteiger partial charge in [0.25, 0.3) is 0 Å². The number of hydrogen-bond donors (Lipinski definition) is 1. The van der Waals surface area contributed by atoms with Crippen LogP contribution in [0.3, 0.4) is 0 Å². The number of likely N-dealkylation sites (tertiary alicyclic amines) is 1. The second-order valence-corrected chi connectivity index (χ2v) is 10.1. The van der Waals surface area contributed by atoms with Gasteiger partial charge in [-0.1, -0.05) is 25.0 Å². The maximum Gasteiger partial charge on any atom is 0.416 e. The van der Waals surface area contributed by atoms with Gasteiger partial charge in [0, 0.05) is 32.1 Å². The molecule has 3 fully saturated rings. The zero-order valence-electron chi connectivity index (χ0n) is 20.1. The summed E-state index contributed by atoms with van der Waals surface area (Å²) in [6, 6.07) is 5.14. The largest absolute Gasteiger partial charge is 0.416 e. The molecular formula is C26H31F4N5O. The van der Waals surface area contributed by atoms with Gasteiger partial charge in [0.05, 0.1) is 11.6 Å². The van der Waals surface area contributed by atoms with Crippen LogP contribution in [0.15, 0.2) is 30.6 Å². The van der Waals surface area contributed by atoms with E-state index in [1.165, 1.54) is 18.5 Å². The van der Waals surface area contributed by atoms with Crippen molar-refractivity contribution < 1.29 is 22.4 Å². The number of aromatic nitrogens is 2. The number of amides is 1. The second-order valence-electron chi connectivity index (χ2n) is 10.1. The Labute approximate surface area is 208 Å². The van der Waals surface area contributed by atoms with Crippen molar-refractivity contribution in [2.45, 2.75) is 69.6 Å². The molecule has 0 bridgehead atoms. The monoisotopic (exact) mass is 505 g/mol. The molecule has 10 heteroatoms. The Morgan fingerprint density at radius 2 is 1.72 bits per heavy atom. The molecule has 36 heavy (non-hydrogen) atoms. The normalized spacial score (nSPS) is 23.5. The Morgan fingerprint density at radius 3 is 2.44 bits per heavy atom. The highest BCUT2D eigenvalue weighted by molar-refractivity contribution is 5.77. The van der Waals surface area contributed by atoms with Crippen molar-refractivity contribution in [2.75, 3.05) is 29.9 Å². The predicted molar refractivity (Wildman–Crippen MR) is 128 cm³/mol. The van der Waals surface area contributed by atoms with Crippen molar-refractivity contribution in [1.82, 2.24) is 14.9 Å². The number of piperidine rings is 1. The maximum absolute atomic E-state index is 15.5. The molecule has 2 aromatic rings. The van der Waals surface area contributed by atoms with Gasteiger partial charge in [-0.3, -0.25) is 4.79 Å². The van der Waals surface area contributed by atoms with E-state index in [1.807, 2.05) is 9.80 Å². The zero-order chi connectivity index (χ0) is 25.3. The minimum absolute atomic E-state index is 0.113. The summed E-state index contributed by atoms with van der Waals surface area (Å²) >= 11 is 0. The van der Waals surface area contributed by atoms with Crippen LogP contribution in [0.2, 0.25) is 0 Å². The van der Waals surface area contributed by atoms with Gasteiger partial charge in [0.15, 0.2) is 11.6 Å². The van der Waals surface area contributed by atoms with Gasteiger partial charge in [-0.25, -0.2) is 9.97 Å². The van der Waals surface area contributed by atoms with Gasteiger partial charge in [-0.2, -0.15) is 17.6 Å². The number of hydrogen-bond acceptors (Lipinski definition) is 5. The summed E-state index contributed by atoms with van der Waals surface area (Å²) in [7, 11) is 0. The van der Waals surface area contributed by atoms with Crippen LogP contribution in [0.1, 0.15) is 68.5 Å². The van der Waals surface area contributed by atoms with E-state index < -0.39 is 17.6 Å². The number of rotatable bonds is 6. The van der Waals surface area contributed by atoms with Crippen LogP contribution in [0.25, 0.3) is 0 Å². The minimum atomic E-state index is -4.40. The summed E-state index contributed by atoms with van der Waals surface area (Å²) in [5.74, 6) is 0.143. The number of benzene rings is 1. The van der Waals surface area contributed by atoms with Crippen LogP contribution in [0.5, 0.6) is 0 Å². The first-order chi connectivity index (χ1) is 17.3. The van der Waals surface area contributed by atoms with Crippen molar-refractivity contribution in [3.05, 3.63) is 47.5 Å². The molecule has 2 aliphatic heterocycles. The topological polar surface area (TPSA) is 61.4 Å². The van der Waals surface area contributed by atoms with Gasteiger partial charge in [-0.05, 0) is 55.7 Å². The van der Waals surface area contributed by atoms with Crippen molar-refractivity contribution >= 4 is 17.5 Å². The van der Waals surface area contributed by atoms with Gasteiger partial charge in [-0.15, -0.1) is 0 Å². The average Bonchev–Trinajstić information content (AvgIpc) is 3.56. The molecule has 1 saturated carbocycles. The van der Waals surface area contributed by atoms with Gasteiger partial charge in [0.1, 0.15) is 6.33 Å². The first-order valence-corrected chi connectivity index (χ1v) is 12.8. The standard InChI is InChI=1S/C26H31F4N5O/c27-23-24(31-14-17-7-12-22(36)35(15-17)20-4-1-2-5-20)32-16-33-25(23)34-13-3-6-21(34)18-8-10-19(11-9-18)26(28,29)30/h8-11,16-17,20-21H,1-7,12-15H2,(H,31,32,33). The minimum Gasteiger partial charge on any atom is -0.367 e. The molecule has 5 rings (SSSR count). The Morgan fingerprint density at radius 1 is 0.972 bits per heavy atom. The molecule has 0 spiro atoms. The molecule has 1 aliphatic carbocycles. The van der Waals surface area contributed by atoms with Gasteiger partial charge in [0.2, 0.25) is 11.7 Å². The summed E-state index contributed by atoms with van der Waals surface area (Å²) in [5, 5.41) is 3.14. The van der Waals surface area contributed by atoms with Crippen molar-refractivity contribution in [1.29, 1.82) is 0 Å². The molecule has 0 radical (unpaired) electrons. The van der Waals surface area contributed by atoms with Gasteiger partial charge >= 0.3 is 6.18 Å². The molecule has 1 aromatic heterocycles. The van der Waals surface area contributed by atoms with Crippen LogP contribution >= 0.6 is 0 Å². The van der Waals surface area contributed by atoms with Crippen molar-refractivity contribution in [3.63, 3.8) is 0 Å². The quantitative estimate of drug-likeness (QED) is 0.521. The fourth-order valence-electron chi connectivity index (χ4n) is 5.86. The van der Waals surface area contributed by atoms with Gasteiger partial charge < -0.3 is 15.1 Å². The molecule has 1 amide bonds.